The summed E-state index contributed by atoms with van der Waals surface area (Å²) < 4.78 is 13.6. The SMILES string of the molecule is Cc1cccc(N2CCN(CCC(=O)NCc3ccccc3F)CC2)c1C. The summed E-state index contributed by atoms with van der Waals surface area (Å²) in [6.07, 6.45) is 0.442. The van der Waals surface area contributed by atoms with Crippen LogP contribution in [-0.4, -0.2) is 43.5 Å². The Labute approximate surface area is 161 Å². The Morgan fingerprint density at radius 1 is 1.04 bits per heavy atom. The van der Waals surface area contributed by atoms with Crippen LogP contribution in [-0.2, 0) is 11.3 Å². The van der Waals surface area contributed by atoms with E-state index in [-0.39, 0.29) is 18.3 Å². The topological polar surface area (TPSA) is 35.6 Å². The molecule has 0 aromatic heterocycles. The van der Waals surface area contributed by atoms with Crippen molar-refractivity contribution in [2.24, 2.45) is 0 Å². The van der Waals surface area contributed by atoms with Gasteiger partial charge in [0.05, 0.1) is 0 Å². The molecule has 1 aliphatic rings. The number of carbonyl (C=O) groups excluding carboxylic acids is 1. The van der Waals surface area contributed by atoms with E-state index in [1.165, 1.54) is 22.9 Å². The van der Waals surface area contributed by atoms with Gasteiger partial charge in [0.25, 0.3) is 0 Å². The molecule has 1 fully saturated rings. The summed E-state index contributed by atoms with van der Waals surface area (Å²) >= 11 is 0. The van der Waals surface area contributed by atoms with E-state index in [0.717, 1.165) is 32.7 Å². The number of rotatable bonds is 6. The quantitative estimate of drug-likeness (QED) is 0.849. The minimum absolute atomic E-state index is 0.0322. The van der Waals surface area contributed by atoms with Crippen molar-refractivity contribution >= 4 is 11.6 Å². The van der Waals surface area contributed by atoms with Crippen molar-refractivity contribution in [2.75, 3.05) is 37.6 Å². The lowest BCUT2D eigenvalue weighted by Gasteiger charge is -2.37. The zero-order valence-electron chi connectivity index (χ0n) is 16.2. The van der Waals surface area contributed by atoms with E-state index in [1.54, 1.807) is 18.2 Å². The van der Waals surface area contributed by atoms with Gasteiger partial charge in [0.15, 0.2) is 0 Å². The number of amides is 1. The molecule has 2 aromatic carbocycles. The largest absolute Gasteiger partial charge is 0.369 e. The lowest BCUT2D eigenvalue weighted by Crippen LogP contribution is -2.47. The van der Waals surface area contributed by atoms with Crippen molar-refractivity contribution in [3.63, 3.8) is 0 Å². The Morgan fingerprint density at radius 2 is 1.78 bits per heavy atom. The van der Waals surface area contributed by atoms with Crippen LogP contribution in [0.3, 0.4) is 0 Å². The van der Waals surface area contributed by atoms with E-state index in [2.05, 4.69) is 47.2 Å². The number of benzene rings is 2. The first kappa shape index (κ1) is 19.4. The molecule has 5 heteroatoms. The molecule has 0 saturated carbocycles. The molecule has 1 aliphatic heterocycles. The molecular formula is C22H28FN3O. The fraction of sp³-hybridized carbons (Fsp3) is 0.409. The summed E-state index contributed by atoms with van der Waals surface area (Å²) in [6, 6.07) is 13.0. The van der Waals surface area contributed by atoms with Gasteiger partial charge in [0.1, 0.15) is 5.82 Å². The van der Waals surface area contributed by atoms with Gasteiger partial charge in [0.2, 0.25) is 5.91 Å². The minimum atomic E-state index is -0.277. The van der Waals surface area contributed by atoms with Gasteiger partial charge in [-0.25, -0.2) is 4.39 Å². The molecule has 1 heterocycles. The van der Waals surface area contributed by atoms with Crippen LogP contribution in [0.1, 0.15) is 23.1 Å². The van der Waals surface area contributed by atoms with Crippen LogP contribution in [0.15, 0.2) is 42.5 Å². The van der Waals surface area contributed by atoms with Gasteiger partial charge >= 0.3 is 0 Å². The standard InChI is InChI=1S/C22H28FN3O/c1-17-6-5-9-21(18(17)2)26-14-12-25(13-15-26)11-10-22(27)24-16-19-7-3-4-8-20(19)23/h3-9H,10-16H2,1-2H3,(H,24,27). The summed E-state index contributed by atoms with van der Waals surface area (Å²) in [5.74, 6) is -0.310. The molecule has 144 valence electrons. The molecule has 0 aliphatic carbocycles. The predicted octanol–water partition coefficient (Wildman–Crippen LogP) is 3.27. The molecule has 0 bridgehead atoms. The van der Waals surface area contributed by atoms with Crippen LogP contribution in [0, 0.1) is 19.7 Å². The number of nitrogens with zero attached hydrogens (tertiary/aromatic N) is 2. The molecule has 0 radical (unpaired) electrons. The second kappa shape index (κ2) is 9.00. The Hall–Kier alpha value is -2.40. The molecule has 0 spiro atoms. The number of hydrogen-bond acceptors (Lipinski definition) is 3. The second-order valence-electron chi connectivity index (χ2n) is 7.17. The molecule has 0 atom stereocenters. The molecule has 1 amide bonds. The van der Waals surface area contributed by atoms with Crippen molar-refractivity contribution < 1.29 is 9.18 Å². The van der Waals surface area contributed by atoms with E-state index in [9.17, 15) is 9.18 Å². The van der Waals surface area contributed by atoms with E-state index < -0.39 is 0 Å². The Kier molecular flexibility index (Phi) is 6.45. The van der Waals surface area contributed by atoms with Gasteiger partial charge in [0, 0.05) is 56.9 Å². The lowest BCUT2D eigenvalue weighted by atomic mass is 10.1. The van der Waals surface area contributed by atoms with Gasteiger partial charge < -0.3 is 10.2 Å². The van der Waals surface area contributed by atoms with Gasteiger partial charge in [-0.05, 0) is 37.1 Å². The third kappa shape index (κ3) is 5.07. The first-order valence-electron chi connectivity index (χ1n) is 9.58. The summed E-state index contributed by atoms with van der Waals surface area (Å²) in [4.78, 5) is 16.8. The molecule has 2 aromatic rings. The molecule has 1 saturated heterocycles. The van der Waals surface area contributed by atoms with E-state index in [4.69, 9.17) is 0 Å². The van der Waals surface area contributed by atoms with Crippen molar-refractivity contribution in [3.8, 4) is 0 Å². The average molecular weight is 369 g/mol. The maximum Gasteiger partial charge on any atom is 0.221 e. The maximum atomic E-state index is 13.6. The average Bonchev–Trinajstić information content (AvgIpc) is 2.68. The molecular weight excluding hydrogens is 341 g/mol. The van der Waals surface area contributed by atoms with Crippen LogP contribution in [0.5, 0.6) is 0 Å². The van der Waals surface area contributed by atoms with E-state index in [0.29, 0.717) is 12.0 Å². The van der Waals surface area contributed by atoms with E-state index >= 15 is 0 Å². The number of piperazine rings is 1. The first-order chi connectivity index (χ1) is 13.0. The van der Waals surface area contributed by atoms with Crippen LogP contribution < -0.4 is 10.2 Å². The van der Waals surface area contributed by atoms with Gasteiger partial charge in [-0.1, -0.05) is 30.3 Å². The minimum Gasteiger partial charge on any atom is -0.369 e. The number of hydrogen-bond donors (Lipinski definition) is 1. The van der Waals surface area contributed by atoms with Crippen LogP contribution in [0.4, 0.5) is 10.1 Å². The van der Waals surface area contributed by atoms with Gasteiger partial charge in [-0.2, -0.15) is 0 Å². The number of carbonyl (C=O) groups is 1. The predicted molar refractivity (Wildman–Crippen MR) is 107 cm³/mol. The van der Waals surface area contributed by atoms with Gasteiger partial charge in [-0.3, -0.25) is 9.69 Å². The lowest BCUT2D eigenvalue weighted by molar-refractivity contribution is -0.121. The number of nitrogens with one attached hydrogen (secondary N) is 1. The molecule has 27 heavy (non-hydrogen) atoms. The van der Waals surface area contributed by atoms with Crippen molar-refractivity contribution in [1.29, 1.82) is 0 Å². The number of halogens is 1. The first-order valence-corrected chi connectivity index (χ1v) is 9.58. The third-order valence-electron chi connectivity index (χ3n) is 5.38. The second-order valence-corrected chi connectivity index (χ2v) is 7.17. The van der Waals surface area contributed by atoms with Crippen LogP contribution in [0.25, 0.3) is 0 Å². The maximum absolute atomic E-state index is 13.6. The summed E-state index contributed by atoms with van der Waals surface area (Å²) in [7, 11) is 0. The highest BCUT2D eigenvalue weighted by atomic mass is 19.1. The molecule has 4 nitrogen and oxygen atoms in total. The Morgan fingerprint density at radius 3 is 2.52 bits per heavy atom. The monoisotopic (exact) mass is 369 g/mol. The molecule has 1 N–H and O–H groups in total. The van der Waals surface area contributed by atoms with Crippen LogP contribution >= 0.6 is 0 Å². The van der Waals surface area contributed by atoms with Crippen LogP contribution in [0.2, 0.25) is 0 Å². The summed E-state index contributed by atoms with van der Waals surface area (Å²) in [5, 5.41) is 2.81. The van der Waals surface area contributed by atoms with Crippen molar-refractivity contribution in [1.82, 2.24) is 10.2 Å². The highest BCUT2D eigenvalue weighted by molar-refractivity contribution is 5.76. The fourth-order valence-electron chi connectivity index (χ4n) is 3.47. The highest BCUT2D eigenvalue weighted by Crippen LogP contribution is 2.23. The Balaban J connectivity index is 1.41. The van der Waals surface area contributed by atoms with Gasteiger partial charge in [-0.15, -0.1) is 0 Å². The smallest absolute Gasteiger partial charge is 0.221 e. The normalized spacial score (nSPS) is 15.0. The summed E-state index contributed by atoms with van der Waals surface area (Å²) in [6.45, 7) is 9.16. The van der Waals surface area contributed by atoms with Crippen molar-refractivity contribution in [3.05, 3.63) is 65.0 Å². The highest BCUT2D eigenvalue weighted by Gasteiger charge is 2.19. The van der Waals surface area contributed by atoms with Crippen molar-refractivity contribution in [2.45, 2.75) is 26.8 Å². The Bertz CT molecular complexity index is 785. The summed E-state index contributed by atoms with van der Waals surface area (Å²) in [5.41, 5.74) is 4.50. The molecule has 0 unspecified atom stereocenters. The number of aryl methyl sites for hydroxylation is 1. The zero-order chi connectivity index (χ0) is 19.2. The molecule has 3 rings (SSSR count). The third-order valence-corrected chi connectivity index (χ3v) is 5.38. The van der Waals surface area contributed by atoms with E-state index in [1.807, 2.05) is 0 Å². The zero-order valence-corrected chi connectivity index (χ0v) is 16.2. The fourth-order valence-corrected chi connectivity index (χ4v) is 3.47. The number of anilines is 1.